The van der Waals surface area contributed by atoms with E-state index in [1.54, 1.807) is 11.2 Å². The van der Waals surface area contributed by atoms with E-state index in [1.165, 1.54) is 0 Å². The summed E-state index contributed by atoms with van der Waals surface area (Å²) in [5, 5.41) is 2.81. The second-order valence-corrected chi connectivity index (χ2v) is 7.31. The number of carbonyl (C=O) groups is 2. The summed E-state index contributed by atoms with van der Waals surface area (Å²) >= 11 is 0. The molecule has 0 bridgehead atoms. The zero-order valence-electron chi connectivity index (χ0n) is 12.7. The number of piperidine rings is 1. The van der Waals surface area contributed by atoms with E-state index < -0.39 is 10.8 Å². The van der Waals surface area contributed by atoms with Gasteiger partial charge in [0.1, 0.15) is 6.04 Å². The van der Waals surface area contributed by atoms with Crippen molar-refractivity contribution < 1.29 is 13.8 Å². The summed E-state index contributed by atoms with van der Waals surface area (Å²) in [5.41, 5.74) is 0. The molecule has 0 aromatic rings. The fourth-order valence-corrected chi connectivity index (χ4v) is 2.80. The van der Waals surface area contributed by atoms with Gasteiger partial charge in [-0.1, -0.05) is 13.8 Å². The van der Waals surface area contributed by atoms with Crippen LogP contribution in [0.3, 0.4) is 0 Å². The third-order valence-electron chi connectivity index (χ3n) is 3.42. The Bertz CT molecular complexity index is 371. The highest BCUT2D eigenvalue weighted by Gasteiger charge is 2.31. The number of likely N-dealkylation sites (tertiary alicyclic amines) is 1. The molecule has 1 N–H and O–H groups in total. The molecule has 1 saturated heterocycles. The summed E-state index contributed by atoms with van der Waals surface area (Å²) < 4.78 is 11.0. The average molecular weight is 302 g/mol. The van der Waals surface area contributed by atoms with Gasteiger partial charge < -0.3 is 10.2 Å². The number of amides is 2. The number of hydrogen-bond acceptors (Lipinski definition) is 3. The zero-order chi connectivity index (χ0) is 15.1. The summed E-state index contributed by atoms with van der Waals surface area (Å²) in [6, 6.07) is -0.381. The van der Waals surface area contributed by atoms with Crippen LogP contribution in [0.1, 0.15) is 39.5 Å². The second kappa shape index (κ2) is 8.39. The lowest BCUT2D eigenvalue weighted by Crippen LogP contribution is -2.52. The van der Waals surface area contributed by atoms with Crippen molar-refractivity contribution in [2.75, 3.05) is 25.1 Å². The van der Waals surface area contributed by atoms with E-state index >= 15 is 0 Å². The van der Waals surface area contributed by atoms with Crippen molar-refractivity contribution in [3.63, 3.8) is 0 Å². The molecule has 1 aliphatic rings. The smallest absolute Gasteiger partial charge is 0.242 e. The first-order valence-electron chi connectivity index (χ1n) is 7.29. The van der Waals surface area contributed by atoms with Crippen molar-refractivity contribution in [2.45, 2.75) is 45.6 Å². The predicted octanol–water partition coefficient (Wildman–Crippen LogP) is 0.908. The highest BCUT2D eigenvalue weighted by atomic mass is 32.2. The zero-order valence-corrected chi connectivity index (χ0v) is 13.5. The van der Waals surface area contributed by atoms with Gasteiger partial charge >= 0.3 is 0 Å². The normalized spacial score (nSPS) is 19.0. The molecular formula is C14H26N2O3S. The van der Waals surface area contributed by atoms with Gasteiger partial charge in [-0.05, 0) is 25.2 Å². The Morgan fingerprint density at radius 3 is 2.65 bits per heavy atom. The fourth-order valence-electron chi connectivity index (χ4n) is 2.41. The summed E-state index contributed by atoms with van der Waals surface area (Å²) in [6.07, 6.45) is 4.71. The van der Waals surface area contributed by atoms with Crippen LogP contribution in [0.5, 0.6) is 0 Å². The third-order valence-corrected chi connectivity index (χ3v) is 4.20. The van der Waals surface area contributed by atoms with Crippen LogP contribution in [0.15, 0.2) is 0 Å². The van der Waals surface area contributed by atoms with E-state index in [4.69, 9.17) is 0 Å². The summed E-state index contributed by atoms with van der Waals surface area (Å²) in [4.78, 5) is 26.0. The van der Waals surface area contributed by atoms with Gasteiger partial charge in [0.15, 0.2) is 0 Å². The number of nitrogens with zero attached hydrogens (tertiary/aromatic N) is 1. The molecule has 0 aromatic carbocycles. The molecule has 0 saturated carbocycles. The highest BCUT2D eigenvalue weighted by molar-refractivity contribution is 7.84. The van der Waals surface area contributed by atoms with Gasteiger partial charge in [-0.15, -0.1) is 0 Å². The van der Waals surface area contributed by atoms with Crippen LogP contribution < -0.4 is 5.32 Å². The molecule has 116 valence electrons. The fraction of sp³-hybridized carbons (Fsp3) is 0.857. The van der Waals surface area contributed by atoms with Crippen LogP contribution in [0, 0.1) is 5.92 Å². The Labute approximate surface area is 123 Å². The molecule has 0 spiro atoms. The minimum atomic E-state index is -0.913. The SMILES string of the molecule is CC(C)C[C@@H](C(=O)NCC[S@](C)=O)N1CCCCC1=O. The van der Waals surface area contributed by atoms with E-state index in [9.17, 15) is 13.8 Å². The molecule has 0 radical (unpaired) electrons. The lowest BCUT2D eigenvalue weighted by Gasteiger charge is -2.34. The maximum absolute atomic E-state index is 12.3. The van der Waals surface area contributed by atoms with Crippen molar-refractivity contribution in [1.82, 2.24) is 10.2 Å². The van der Waals surface area contributed by atoms with Crippen LogP contribution in [0.2, 0.25) is 0 Å². The van der Waals surface area contributed by atoms with Crippen LogP contribution in [-0.4, -0.2) is 52.1 Å². The first-order chi connectivity index (χ1) is 9.41. The molecule has 1 heterocycles. The van der Waals surface area contributed by atoms with E-state index in [0.717, 1.165) is 12.8 Å². The van der Waals surface area contributed by atoms with Crippen molar-refractivity contribution in [3.05, 3.63) is 0 Å². The molecule has 1 rings (SSSR count). The van der Waals surface area contributed by atoms with Gasteiger partial charge in [0, 0.05) is 42.3 Å². The molecule has 2 amide bonds. The number of hydrogen-bond donors (Lipinski definition) is 1. The van der Waals surface area contributed by atoms with Gasteiger partial charge in [0.2, 0.25) is 11.8 Å². The molecule has 1 fully saturated rings. The second-order valence-electron chi connectivity index (χ2n) is 5.76. The largest absolute Gasteiger partial charge is 0.353 e. The topological polar surface area (TPSA) is 66.5 Å². The molecule has 0 aromatic heterocycles. The van der Waals surface area contributed by atoms with Gasteiger partial charge in [0.05, 0.1) is 0 Å². The van der Waals surface area contributed by atoms with E-state index in [1.807, 2.05) is 0 Å². The summed E-state index contributed by atoms with van der Waals surface area (Å²) in [7, 11) is -0.913. The maximum atomic E-state index is 12.3. The molecule has 1 aliphatic heterocycles. The van der Waals surface area contributed by atoms with Crippen LogP contribution in [0.25, 0.3) is 0 Å². The predicted molar refractivity (Wildman–Crippen MR) is 80.8 cm³/mol. The Morgan fingerprint density at radius 1 is 1.40 bits per heavy atom. The van der Waals surface area contributed by atoms with Gasteiger partial charge in [0.25, 0.3) is 0 Å². The molecule has 0 aliphatic carbocycles. The molecule has 5 nitrogen and oxygen atoms in total. The Kier molecular flexibility index (Phi) is 7.19. The lowest BCUT2D eigenvalue weighted by molar-refractivity contribution is -0.143. The molecular weight excluding hydrogens is 276 g/mol. The van der Waals surface area contributed by atoms with Crippen molar-refractivity contribution in [1.29, 1.82) is 0 Å². The Hall–Kier alpha value is -0.910. The Balaban J connectivity index is 2.64. The van der Waals surface area contributed by atoms with E-state index in [0.29, 0.717) is 37.6 Å². The van der Waals surface area contributed by atoms with Gasteiger partial charge in [-0.3, -0.25) is 13.8 Å². The number of nitrogens with one attached hydrogen (secondary N) is 1. The lowest BCUT2D eigenvalue weighted by atomic mass is 9.98. The van der Waals surface area contributed by atoms with Gasteiger partial charge in [-0.25, -0.2) is 0 Å². The molecule has 20 heavy (non-hydrogen) atoms. The van der Waals surface area contributed by atoms with Crippen molar-refractivity contribution in [2.24, 2.45) is 5.92 Å². The maximum Gasteiger partial charge on any atom is 0.242 e. The summed E-state index contributed by atoms with van der Waals surface area (Å²) in [5.74, 6) is 0.768. The van der Waals surface area contributed by atoms with E-state index in [-0.39, 0.29) is 17.9 Å². The number of carbonyl (C=O) groups excluding carboxylic acids is 2. The van der Waals surface area contributed by atoms with Crippen LogP contribution >= 0.6 is 0 Å². The minimum absolute atomic E-state index is 0.0797. The average Bonchev–Trinajstić information content (AvgIpc) is 2.36. The monoisotopic (exact) mass is 302 g/mol. The first kappa shape index (κ1) is 17.1. The van der Waals surface area contributed by atoms with E-state index in [2.05, 4.69) is 19.2 Å². The quantitative estimate of drug-likeness (QED) is 0.760. The third kappa shape index (κ3) is 5.61. The Morgan fingerprint density at radius 2 is 2.10 bits per heavy atom. The standard InChI is InChI=1S/C14H26N2O3S/c1-11(2)10-12(14(18)15-7-9-20(3)19)16-8-5-4-6-13(16)17/h11-12H,4-10H2,1-3H3,(H,15,18)/t12-,20-/m0/s1. The first-order valence-corrected chi connectivity index (χ1v) is 9.01. The van der Waals surface area contributed by atoms with Crippen LogP contribution in [-0.2, 0) is 20.4 Å². The minimum Gasteiger partial charge on any atom is -0.353 e. The molecule has 2 atom stereocenters. The molecule has 0 unspecified atom stereocenters. The highest BCUT2D eigenvalue weighted by Crippen LogP contribution is 2.19. The van der Waals surface area contributed by atoms with Crippen molar-refractivity contribution >= 4 is 22.6 Å². The summed E-state index contributed by atoms with van der Waals surface area (Å²) in [6.45, 7) is 5.17. The van der Waals surface area contributed by atoms with Gasteiger partial charge in [-0.2, -0.15) is 0 Å². The van der Waals surface area contributed by atoms with Crippen molar-refractivity contribution in [3.8, 4) is 0 Å². The molecule has 6 heteroatoms. The number of rotatable bonds is 7. The van der Waals surface area contributed by atoms with Crippen LogP contribution in [0.4, 0.5) is 0 Å².